The first-order chi connectivity index (χ1) is 11.7. The van der Waals surface area contributed by atoms with Gasteiger partial charge in [-0.1, -0.05) is 30.3 Å². The third-order valence-corrected chi connectivity index (χ3v) is 4.37. The Morgan fingerprint density at radius 3 is 2.33 bits per heavy atom. The maximum atomic E-state index is 12.1. The van der Waals surface area contributed by atoms with Gasteiger partial charge < -0.3 is 10.0 Å². The molecule has 0 bridgehead atoms. The molecular formula is C20H16N2O2. The van der Waals surface area contributed by atoms with E-state index in [0.29, 0.717) is 6.42 Å². The van der Waals surface area contributed by atoms with Crippen LogP contribution in [0, 0.1) is 0 Å². The van der Waals surface area contributed by atoms with E-state index in [9.17, 15) is 9.90 Å². The summed E-state index contributed by atoms with van der Waals surface area (Å²) in [6, 6.07) is 18.9. The summed E-state index contributed by atoms with van der Waals surface area (Å²) in [4.78, 5) is 18.0. The van der Waals surface area contributed by atoms with Gasteiger partial charge in [-0.05, 0) is 47.0 Å². The van der Waals surface area contributed by atoms with E-state index in [1.165, 1.54) is 0 Å². The van der Waals surface area contributed by atoms with Gasteiger partial charge >= 0.3 is 0 Å². The molecule has 0 radical (unpaired) electrons. The van der Waals surface area contributed by atoms with E-state index in [-0.39, 0.29) is 17.7 Å². The molecular weight excluding hydrogens is 300 g/mol. The number of β-lactam (4-membered cyclic amide) rings is 1. The molecule has 2 heterocycles. The summed E-state index contributed by atoms with van der Waals surface area (Å²) in [5.41, 5.74) is 4.04. The number of amides is 1. The molecule has 1 saturated heterocycles. The van der Waals surface area contributed by atoms with Crippen LogP contribution in [0.2, 0.25) is 0 Å². The van der Waals surface area contributed by atoms with Crippen LogP contribution in [-0.2, 0) is 4.79 Å². The highest BCUT2D eigenvalue weighted by Gasteiger charge is 2.38. The quantitative estimate of drug-likeness (QED) is 0.745. The molecule has 4 rings (SSSR count). The zero-order valence-electron chi connectivity index (χ0n) is 13.0. The van der Waals surface area contributed by atoms with Crippen molar-refractivity contribution < 1.29 is 9.90 Å². The largest absolute Gasteiger partial charge is 0.508 e. The van der Waals surface area contributed by atoms with E-state index in [4.69, 9.17) is 0 Å². The van der Waals surface area contributed by atoms with Crippen LogP contribution >= 0.6 is 0 Å². The van der Waals surface area contributed by atoms with E-state index in [2.05, 4.69) is 4.98 Å². The van der Waals surface area contributed by atoms with Gasteiger partial charge in [-0.3, -0.25) is 9.78 Å². The molecule has 1 amide bonds. The van der Waals surface area contributed by atoms with Gasteiger partial charge in [-0.15, -0.1) is 0 Å². The van der Waals surface area contributed by atoms with Gasteiger partial charge in [0.1, 0.15) is 5.75 Å². The number of benzene rings is 2. The molecule has 0 spiro atoms. The summed E-state index contributed by atoms with van der Waals surface area (Å²) in [5, 5.41) is 9.42. The highest BCUT2D eigenvalue weighted by molar-refractivity contribution is 6.01. The molecule has 1 atom stereocenters. The second-order valence-electron chi connectivity index (χ2n) is 5.86. The second kappa shape index (κ2) is 5.81. The summed E-state index contributed by atoms with van der Waals surface area (Å²) in [5.74, 6) is 0.346. The van der Waals surface area contributed by atoms with Crippen LogP contribution in [0.25, 0.3) is 11.1 Å². The van der Waals surface area contributed by atoms with Crippen molar-refractivity contribution in [2.75, 3.05) is 4.90 Å². The Hall–Kier alpha value is -3.14. The van der Waals surface area contributed by atoms with Crippen LogP contribution in [-0.4, -0.2) is 16.0 Å². The van der Waals surface area contributed by atoms with Crippen molar-refractivity contribution in [2.45, 2.75) is 12.5 Å². The molecule has 4 nitrogen and oxygen atoms in total. The summed E-state index contributed by atoms with van der Waals surface area (Å²) in [7, 11) is 0. The normalized spacial score (nSPS) is 16.8. The van der Waals surface area contributed by atoms with Gasteiger partial charge in [-0.25, -0.2) is 0 Å². The number of phenolic OH excluding ortho intramolecular Hbond substituents is 1. The first kappa shape index (κ1) is 14.5. The van der Waals surface area contributed by atoms with Crippen molar-refractivity contribution in [1.82, 2.24) is 4.98 Å². The predicted octanol–water partition coefficient (Wildman–Crippen LogP) is 3.93. The fourth-order valence-electron chi connectivity index (χ4n) is 3.05. The van der Waals surface area contributed by atoms with Crippen LogP contribution in [0.4, 0.5) is 5.69 Å². The first-order valence-corrected chi connectivity index (χ1v) is 7.84. The lowest BCUT2D eigenvalue weighted by atomic mass is 9.92. The molecule has 24 heavy (non-hydrogen) atoms. The van der Waals surface area contributed by atoms with Crippen molar-refractivity contribution in [3.63, 3.8) is 0 Å². The number of hydrogen-bond acceptors (Lipinski definition) is 3. The fraction of sp³-hybridized carbons (Fsp3) is 0.100. The zero-order valence-corrected chi connectivity index (χ0v) is 13.0. The number of nitrogens with zero attached hydrogens (tertiary/aromatic N) is 2. The molecule has 118 valence electrons. The Bertz CT molecular complexity index is 858. The van der Waals surface area contributed by atoms with Gasteiger partial charge in [0.15, 0.2) is 0 Å². The standard InChI is InChI=1S/C20H16N2O2/c23-18-9-5-15(6-10-18)19-12-20(24)22(19)17-7-3-14(4-8-17)16-2-1-11-21-13-16/h1-11,13,19,23H,12H2/t19-/m0/s1. The van der Waals surface area contributed by atoms with Crippen LogP contribution in [0.3, 0.4) is 0 Å². The second-order valence-corrected chi connectivity index (χ2v) is 5.86. The molecule has 1 aliphatic heterocycles. The van der Waals surface area contributed by atoms with Gasteiger partial charge in [0.05, 0.1) is 12.5 Å². The van der Waals surface area contributed by atoms with E-state index in [1.807, 2.05) is 54.7 Å². The number of aromatic nitrogens is 1. The number of aromatic hydroxyl groups is 1. The highest BCUT2D eigenvalue weighted by Crippen LogP contribution is 2.39. The minimum absolute atomic E-state index is 0.0299. The molecule has 1 fully saturated rings. The molecule has 0 saturated carbocycles. The molecule has 1 N–H and O–H groups in total. The molecule has 3 aromatic rings. The Morgan fingerprint density at radius 2 is 1.71 bits per heavy atom. The van der Waals surface area contributed by atoms with Crippen LogP contribution in [0.15, 0.2) is 73.1 Å². The van der Waals surface area contributed by atoms with Crippen molar-refractivity contribution in [2.24, 2.45) is 0 Å². The lowest BCUT2D eigenvalue weighted by Gasteiger charge is -2.40. The highest BCUT2D eigenvalue weighted by atomic mass is 16.3. The van der Waals surface area contributed by atoms with Crippen molar-refractivity contribution in [3.05, 3.63) is 78.6 Å². The Balaban J connectivity index is 1.60. The summed E-state index contributed by atoms with van der Waals surface area (Å²) in [6.45, 7) is 0. The number of rotatable bonds is 3. The van der Waals surface area contributed by atoms with E-state index >= 15 is 0 Å². The van der Waals surface area contributed by atoms with Crippen LogP contribution in [0.5, 0.6) is 5.75 Å². The van der Waals surface area contributed by atoms with Gasteiger partial charge in [0.25, 0.3) is 0 Å². The fourth-order valence-corrected chi connectivity index (χ4v) is 3.05. The van der Waals surface area contributed by atoms with Crippen molar-refractivity contribution in [1.29, 1.82) is 0 Å². The van der Waals surface area contributed by atoms with E-state index in [1.54, 1.807) is 23.2 Å². The van der Waals surface area contributed by atoms with Crippen LogP contribution < -0.4 is 4.90 Å². The van der Waals surface area contributed by atoms with Gasteiger partial charge in [0, 0.05) is 18.1 Å². The summed E-state index contributed by atoms with van der Waals surface area (Å²) < 4.78 is 0. The molecule has 1 aromatic heterocycles. The van der Waals surface area contributed by atoms with Gasteiger partial charge in [0.2, 0.25) is 5.91 Å². The minimum Gasteiger partial charge on any atom is -0.508 e. The lowest BCUT2D eigenvalue weighted by molar-refractivity contribution is -0.124. The molecule has 0 aliphatic carbocycles. The topological polar surface area (TPSA) is 53.4 Å². The molecule has 4 heteroatoms. The molecule has 0 unspecified atom stereocenters. The number of pyridine rings is 1. The van der Waals surface area contributed by atoms with Crippen molar-refractivity contribution >= 4 is 11.6 Å². The summed E-state index contributed by atoms with van der Waals surface area (Å²) in [6.07, 6.45) is 4.07. The van der Waals surface area contributed by atoms with E-state index < -0.39 is 0 Å². The van der Waals surface area contributed by atoms with Gasteiger partial charge in [-0.2, -0.15) is 0 Å². The number of phenols is 1. The zero-order chi connectivity index (χ0) is 16.5. The van der Waals surface area contributed by atoms with Crippen molar-refractivity contribution in [3.8, 4) is 16.9 Å². The molecule has 1 aliphatic rings. The number of carbonyl (C=O) groups is 1. The lowest BCUT2D eigenvalue weighted by Crippen LogP contribution is -2.46. The predicted molar refractivity (Wildman–Crippen MR) is 92.6 cm³/mol. The SMILES string of the molecule is O=C1C[C@@H](c2ccc(O)cc2)N1c1ccc(-c2cccnc2)cc1. The van der Waals surface area contributed by atoms with Crippen LogP contribution in [0.1, 0.15) is 18.0 Å². The maximum absolute atomic E-state index is 12.1. The monoisotopic (exact) mass is 316 g/mol. The molecule has 2 aromatic carbocycles. The Labute approximate surface area is 140 Å². The third kappa shape index (κ3) is 2.52. The smallest absolute Gasteiger partial charge is 0.230 e. The number of hydrogen-bond donors (Lipinski definition) is 1. The first-order valence-electron chi connectivity index (χ1n) is 7.84. The summed E-state index contributed by atoms with van der Waals surface area (Å²) >= 11 is 0. The third-order valence-electron chi connectivity index (χ3n) is 4.37. The Kier molecular flexibility index (Phi) is 3.50. The average Bonchev–Trinajstić information content (AvgIpc) is 2.62. The maximum Gasteiger partial charge on any atom is 0.230 e. The minimum atomic E-state index is 0.0299. The number of anilines is 1. The Morgan fingerprint density at radius 1 is 0.958 bits per heavy atom. The average molecular weight is 316 g/mol. The number of carbonyl (C=O) groups excluding carboxylic acids is 1. The van der Waals surface area contributed by atoms with E-state index in [0.717, 1.165) is 22.4 Å².